The Labute approximate surface area is 125 Å². The van der Waals surface area contributed by atoms with E-state index < -0.39 is 24.3 Å². The lowest BCUT2D eigenvalue weighted by Gasteiger charge is -2.32. The standard InChI is InChI=1S/C15H21BFNO3/c1-10-6-11(13(17)18-8-10)7-12(9-19)16-20-14(2,3)15(4,5)21-16/h6-8,19H,9H2,1-5H3. The van der Waals surface area contributed by atoms with Crippen LogP contribution in [0.25, 0.3) is 6.08 Å². The molecule has 1 fully saturated rings. The highest BCUT2D eigenvalue weighted by Crippen LogP contribution is 2.38. The molecule has 0 spiro atoms. The molecule has 4 nitrogen and oxygen atoms in total. The van der Waals surface area contributed by atoms with Crippen LogP contribution < -0.4 is 0 Å². The molecule has 21 heavy (non-hydrogen) atoms. The van der Waals surface area contributed by atoms with Crippen molar-refractivity contribution in [1.29, 1.82) is 0 Å². The number of aryl methyl sites for hydroxylation is 1. The topological polar surface area (TPSA) is 51.6 Å². The van der Waals surface area contributed by atoms with E-state index in [2.05, 4.69) is 4.98 Å². The molecule has 1 aromatic rings. The number of hydrogen-bond donors (Lipinski definition) is 1. The first kappa shape index (κ1) is 16.1. The third kappa shape index (κ3) is 3.17. The van der Waals surface area contributed by atoms with Crippen molar-refractivity contribution in [1.82, 2.24) is 4.98 Å². The van der Waals surface area contributed by atoms with Crippen molar-refractivity contribution in [2.45, 2.75) is 45.8 Å². The van der Waals surface area contributed by atoms with Crippen LogP contribution >= 0.6 is 0 Å². The molecule has 6 heteroatoms. The fraction of sp³-hybridized carbons (Fsp3) is 0.533. The molecule has 1 saturated heterocycles. The molecule has 1 aromatic heterocycles. The van der Waals surface area contributed by atoms with Gasteiger partial charge in [0, 0.05) is 11.8 Å². The SMILES string of the molecule is Cc1cnc(F)c(C=C(CO)B2OC(C)(C)C(C)(C)O2)c1. The molecule has 2 rings (SSSR count). The van der Waals surface area contributed by atoms with Crippen LogP contribution in [0, 0.1) is 12.9 Å². The fourth-order valence-electron chi connectivity index (χ4n) is 2.06. The Hall–Kier alpha value is -1.24. The number of pyridine rings is 1. The van der Waals surface area contributed by atoms with Crippen LogP contribution in [0.3, 0.4) is 0 Å². The lowest BCUT2D eigenvalue weighted by atomic mass is 9.77. The van der Waals surface area contributed by atoms with E-state index in [1.807, 2.05) is 34.6 Å². The summed E-state index contributed by atoms with van der Waals surface area (Å²) < 4.78 is 25.5. The summed E-state index contributed by atoms with van der Waals surface area (Å²) in [7, 11) is -0.695. The minimum Gasteiger partial charge on any atom is -0.400 e. The zero-order valence-corrected chi connectivity index (χ0v) is 13.1. The van der Waals surface area contributed by atoms with E-state index >= 15 is 0 Å². The molecule has 1 aliphatic rings. The number of aromatic nitrogens is 1. The van der Waals surface area contributed by atoms with Gasteiger partial charge in [0.1, 0.15) is 0 Å². The summed E-state index contributed by atoms with van der Waals surface area (Å²) in [5, 5.41) is 9.58. The summed E-state index contributed by atoms with van der Waals surface area (Å²) in [6, 6.07) is 1.67. The first-order valence-electron chi connectivity index (χ1n) is 6.95. The van der Waals surface area contributed by atoms with Gasteiger partial charge in [0.15, 0.2) is 0 Å². The van der Waals surface area contributed by atoms with E-state index in [4.69, 9.17) is 9.31 Å². The predicted molar refractivity (Wildman–Crippen MR) is 80.1 cm³/mol. The van der Waals surface area contributed by atoms with Crippen LogP contribution in [-0.2, 0) is 9.31 Å². The number of rotatable bonds is 3. The monoisotopic (exact) mass is 293 g/mol. The van der Waals surface area contributed by atoms with Crippen LogP contribution in [0.4, 0.5) is 4.39 Å². The highest BCUT2D eigenvalue weighted by molar-refractivity contribution is 6.55. The van der Waals surface area contributed by atoms with Crippen molar-refractivity contribution in [2.24, 2.45) is 0 Å². The first-order chi connectivity index (χ1) is 9.66. The Bertz CT molecular complexity index is 556. The molecule has 0 aromatic carbocycles. The maximum absolute atomic E-state index is 13.7. The van der Waals surface area contributed by atoms with Crippen LogP contribution in [0.15, 0.2) is 17.7 Å². The molecule has 2 heterocycles. The zero-order valence-electron chi connectivity index (χ0n) is 13.1. The second kappa shape index (κ2) is 5.52. The van der Waals surface area contributed by atoms with Gasteiger partial charge in [-0.1, -0.05) is 6.08 Å². The number of aliphatic hydroxyl groups excluding tert-OH is 1. The average molecular weight is 293 g/mol. The molecular weight excluding hydrogens is 272 g/mol. The van der Waals surface area contributed by atoms with Gasteiger partial charge in [-0.2, -0.15) is 4.39 Å². The maximum atomic E-state index is 13.7. The summed E-state index contributed by atoms with van der Waals surface area (Å²) >= 11 is 0. The van der Waals surface area contributed by atoms with Crippen LogP contribution in [0.5, 0.6) is 0 Å². The predicted octanol–water partition coefficient (Wildman–Crippen LogP) is 2.54. The summed E-state index contributed by atoms with van der Waals surface area (Å²) in [6.45, 7) is 9.27. The normalized spacial score (nSPS) is 20.9. The van der Waals surface area contributed by atoms with Gasteiger partial charge in [0.25, 0.3) is 0 Å². The van der Waals surface area contributed by atoms with Gasteiger partial charge in [-0.3, -0.25) is 0 Å². The second-order valence-corrected chi connectivity index (χ2v) is 6.36. The quantitative estimate of drug-likeness (QED) is 0.687. The molecule has 1 N–H and O–H groups in total. The molecule has 0 saturated carbocycles. The van der Waals surface area contributed by atoms with Crippen LogP contribution in [0.1, 0.15) is 38.8 Å². The van der Waals surface area contributed by atoms with Crippen LogP contribution in [0.2, 0.25) is 0 Å². The largest absolute Gasteiger partial charge is 0.492 e. The average Bonchev–Trinajstić information content (AvgIpc) is 2.59. The van der Waals surface area contributed by atoms with Crippen molar-refractivity contribution >= 4 is 13.2 Å². The molecular formula is C15H21BFNO3. The summed E-state index contributed by atoms with van der Waals surface area (Å²) in [6.07, 6.45) is 3.00. The highest BCUT2D eigenvalue weighted by atomic mass is 19.1. The zero-order chi connectivity index (χ0) is 15.8. The molecule has 114 valence electrons. The molecule has 1 aliphatic heterocycles. The Balaban J connectivity index is 2.33. The van der Waals surface area contributed by atoms with Crippen molar-refractivity contribution in [3.8, 4) is 0 Å². The van der Waals surface area contributed by atoms with Crippen molar-refractivity contribution < 1.29 is 18.8 Å². The van der Waals surface area contributed by atoms with Gasteiger partial charge in [0.05, 0.1) is 17.8 Å². The summed E-state index contributed by atoms with van der Waals surface area (Å²) in [4.78, 5) is 3.68. The second-order valence-electron chi connectivity index (χ2n) is 6.36. The highest BCUT2D eigenvalue weighted by Gasteiger charge is 2.52. The number of hydrogen-bond acceptors (Lipinski definition) is 4. The lowest BCUT2D eigenvalue weighted by molar-refractivity contribution is 0.00578. The number of halogens is 1. The van der Waals surface area contributed by atoms with E-state index in [-0.39, 0.29) is 6.61 Å². The summed E-state index contributed by atoms with van der Waals surface area (Å²) in [5.74, 6) is -0.580. The van der Waals surface area contributed by atoms with Crippen LogP contribution in [-0.4, -0.2) is 35.0 Å². The Morgan fingerprint density at radius 1 is 1.33 bits per heavy atom. The number of aliphatic hydroxyl groups is 1. The van der Waals surface area contributed by atoms with E-state index in [1.165, 1.54) is 12.3 Å². The molecule has 0 bridgehead atoms. The van der Waals surface area contributed by atoms with Gasteiger partial charge >= 0.3 is 7.12 Å². The molecule has 0 amide bonds. The van der Waals surface area contributed by atoms with Gasteiger partial charge in [0.2, 0.25) is 5.95 Å². The van der Waals surface area contributed by atoms with E-state index in [1.54, 1.807) is 6.07 Å². The van der Waals surface area contributed by atoms with E-state index in [0.717, 1.165) is 5.56 Å². The van der Waals surface area contributed by atoms with Gasteiger partial charge in [-0.05, 0) is 51.7 Å². The fourth-order valence-corrected chi connectivity index (χ4v) is 2.06. The first-order valence-corrected chi connectivity index (χ1v) is 6.95. The Kier molecular flexibility index (Phi) is 4.24. The Morgan fingerprint density at radius 2 is 1.90 bits per heavy atom. The minimum absolute atomic E-state index is 0.274. The van der Waals surface area contributed by atoms with Gasteiger partial charge in [-0.15, -0.1) is 0 Å². The van der Waals surface area contributed by atoms with Gasteiger partial charge in [-0.25, -0.2) is 4.98 Å². The van der Waals surface area contributed by atoms with Crippen molar-refractivity contribution in [3.63, 3.8) is 0 Å². The van der Waals surface area contributed by atoms with E-state index in [9.17, 15) is 9.50 Å². The maximum Gasteiger partial charge on any atom is 0.492 e. The molecule has 0 atom stereocenters. The van der Waals surface area contributed by atoms with E-state index in [0.29, 0.717) is 11.0 Å². The van der Waals surface area contributed by atoms with Crippen molar-refractivity contribution in [2.75, 3.05) is 6.61 Å². The number of nitrogens with zero attached hydrogens (tertiary/aromatic N) is 1. The third-order valence-electron chi connectivity index (χ3n) is 4.08. The molecule has 0 aliphatic carbocycles. The lowest BCUT2D eigenvalue weighted by Crippen LogP contribution is -2.41. The minimum atomic E-state index is -0.695. The summed E-state index contributed by atoms with van der Waals surface area (Å²) in [5.41, 5.74) is 0.618. The Morgan fingerprint density at radius 3 is 2.43 bits per heavy atom. The third-order valence-corrected chi connectivity index (χ3v) is 4.08. The van der Waals surface area contributed by atoms with Gasteiger partial charge < -0.3 is 14.4 Å². The molecule has 0 radical (unpaired) electrons. The van der Waals surface area contributed by atoms with Crippen molar-refractivity contribution in [3.05, 3.63) is 34.8 Å². The molecule has 0 unspecified atom stereocenters. The smallest absolute Gasteiger partial charge is 0.400 e.